The smallest absolute Gasteiger partial charge is 0.240 e. The Morgan fingerprint density at radius 1 is 1.21 bits per heavy atom. The van der Waals surface area contributed by atoms with Crippen LogP contribution in [0.25, 0.3) is 0 Å². The van der Waals surface area contributed by atoms with Crippen LogP contribution in [0.4, 0.5) is 0 Å². The van der Waals surface area contributed by atoms with Crippen LogP contribution in [0.1, 0.15) is 25.8 Å². The zero-order valence-electron chi connectivity index (χ0n) is 11.4. The molecule has 0 spiro atoms. The molecule has 0 aromatic heterocycles. The number of hydrogen-bond acceptors (Lipinski definition) is 3. The molecule has 0 aliphatic carbocycles. The van der Waals surface area contributed by atoms with Gasteiger partial charge in [-0.15, -0.1) is 12.4 Å². The summed E-state index contributed by atoms with van der Waals surface area (Å²) in [4.78, 5) is 0.296. The van der Waals surface area contributed by atoms with E-state index in [1.54, 1.807) is 12.1 Å². The average molecular weight is 307 g/mol. The van der Waals surface area contributed by atoms with Gasteiger partial charge in [-0.3, -0.25) is 0 Å². The van der Waals surface area contributed by atoms with E-state index in [-0.39, 0.29) is 19.0 Å². The first-order chi connectivity index (χ1) is 8.45. The lowest BCUT2D eigenvalue weighted by atomic mass is 10.0. The van der Waals surface area contributed by atoms with E-state index in [9.17, 15) is 8.42 Å². The first-order valence-corrected chi connectivity index (χ1v) is 7.72. The summed E-state index contributed by atoms with van der Waals surface area (Å²) in [6, 6.07) is 7.04. The Bertz CT molecular complexity index is 458. The SMILES string of the molecule is CC(C)CCc1ccc(S(=O)(=O)NCCN)cc1.Cl. The number of sulfonamides is 1. The normalized spacial score (nSPS) is 11.4. The molecular formula is C13H23ClN2O2S. The highest BCUT2D eigenvalue weighted by molar-refractivity contribution is 7.89. The fraction of sp³-hybridized carbons (Fsp3) is 0.538. The Kier molecular flexibility index (Phi) is 8.25. The van der Waals surface area contributed by atoms with Gasteiger partial charge in [-0.1, -0.05) is 26.0 Å². The van der Waals surface area contributed by atoms with Crippen molar-refractivity contribution in [1.82, 2.24) is 4.72 Å². The Hall–Kier alpha value is -0.620. The standard InChI is InChI=1S/C13H22N2O2S.ClH/c1-11(2)3-4-12-5-7-13(8-6-12)18(16,17)15-10-9-14;/h5-8,11,15H,3-4,9-10,14H2,1-2H3;1H. The number of rotatable bonds is 7. The fourth-order valence-electron chi connectivity index (χ4n) is 1.57. The van der Waals surface area contributed by atoms with Crippen LogP contribution in [0, 0.1) is 5.92 Å². The van der Waals surface area contributed by atoms with Crippen LogP contribution in [0.3, 0.4) is 0 Å². The molecule has 0 saturated heterocycles. The molecule has 1 aromatic rings. The summed E-state index contributed by atoms with van der Waals surface area (Å²) in [6.45, 7) is 4.91. The molecule has 110 valence electrons. The number of nitrogens with one attached hydrogen (secondary N) is 1. The predicted octanol–water partition coefficient (Wildman–Crippen LogP) is 1.93. The lowest BCUT2D eigenvalue weighted by Crippen LogP contribution is -2.29. The van der Waals surface area contributed by atoms with Crippen molar-refractivity contribution in [1.29, 1.82) is 0 Å². The Balaban J connectivity index is 0.00000324. The fourth-order valence-corrected chi connectivity index (χ4v) is 2.61. The summed E-state index contributed by atoms with van der Waals surface area (Å²) < 4.78 is 26.0. The molecule has 3 N–H and O–H groups in total. The van der Waals surface area contributed by atoms with E-state index in [0.29, 0.717) is 17.4 Å². The van der Waals surface area contributed by atoms with E-state index in [4.69, 9.17) is 5.73 Å². The molecule has 19 heavy (non-hydrogen) atoms. The van der Waals surface area contributed by atoms with Crippen molar-refractivity contribution >= 4 is 22.4 Å². The van der Waals surface area contributed by atoms with Crippen molar-refractivity contribution in [2.45, 2.75) is 31.6 Å². The third kappa shape index (κ3) is 6.38. The van der Waals surface area contributed by atoms with E-state index < -0.39 is 10.0 Å². The van der Waals surface area contributed by atoms with Gasteiger partial charge >= 0.3 is 0 Å². The molecule has 0 aliphatic rings. The summed E-state index contributed by atoms with van der Waals surface area (Å²) in [5.41, 5.74) is 6.45. The minimum atomic E-state index is -3.40. The molecule has 4 nitrogen and oxygen atoms in total. The number of halogens is 1. The van der Waals surface area contributed by atoms with Gasteiger partial charge in [-0.2, -0.15) is 0 Å². The van der Waals surface area contributed by atoms with Crippen LogP contribution in [0.2, 0.25) is 0 Å². The van der Waals surface area contributed by atoms with Crippen LogP contribution >= 0.6 is 12.4 Å². The molecule has 1 rings (SSSR count). The molecule has 0 bridgehead atoms. The monoisotopic (exact) mass is 306 g/mol. The molecular weight excluding hydrogens is 284 g/mol. The van der Waals surface area contributed by atoms with Gasteiger partial charge in [0.05, 0.1) is 4.90 Å². The van der Waals surface area contributed by atoms with Gasteiger partial charge in [-0.25, -0.2) is 13.1 Å². The maximum Gasteiger partial charge on any atom is 0.240 e. The van der Waals surface area contributed by atoms with Crippen LogP contribution in [-0.2, 0) is 16.4 Å². The van der Waals surface area contributed by atoms with Crippen molar-refractivity contribution < 1.29 is 8.42 Å². The molecule has 0 fully saturated rings. The first kappa shape index (κ1) is 18.4. The molecule has 0 heterocycles. The Morgan fingerprint density at radius 2 is 1.79 bits per heavy atom. The van der Waals surface area contributed by atoms with Gasteiger partial charge in [-0.05, 0) is 36.5 Å². The van der Waals surface area contributed by atoms with Crippen LogP contribution < -0.4 is 10.5 Å². The maximum atomic E-state index is 11.8. The Labute approximate surface area is 122 Å². The minimum Gasteiger partial charge on any atom is -0.329 e. The molecule has 0 saturated carbocycles. The molecule has 1 aromatic carbocycles. The van der Waals surface area contributed by atoms with Gasteiger partial charge in [0.15, 0.2) is 0 Å². The average Bonchev–Trinajstić information content (AvgIpc) is 2.34. The van der Waals surface area contributed by atoms with Crippen LogP contribution in [0.5, 0.6) is 0 Å². The predicted molar refractivity (Wildman–Crippen MR) is 81.1 cm³/mol. The summed E-state index contributed by atoms with van der Waals surface area (Å²) in [5, 5.41) is 0. The van der Waals surface area contributed by atoms with Crippen molar-refractivity contribution in [3.8, 4) is 0 Å². The van der Waals surface area contributed by atoms with Crippen LogP contribution in [-0.4, -0.2) is 21.5 Å². The van der Waals surface area contributed by atoms with Crippen molar-refractivity contribution in [2.75, 3.05) is 13.1 Å². The maximum absolute atomic E-state index is 11.8. The number of benzene rings is 1. The molecule has 6 heteroatoms. The first-order valence-electron chi connectivity index (χ1n) is 6.24. The highest BCUT2D eigenvalue weighted by Crippen LogP contribution is 2.13. The Morgan fingerprint density at radius 3 is 2.26 bits per heavy atom. The molecule has 0 unspecified atom stereocenters. The minimum absolute atomic E-state index is 0. The molecule has 0 aliphatic heterocycles. The summed E-state index contributed by atoms with van der Waals surface area (Å²) in [7, 11) is -3.40. The van der Waals surface area contributed by atoms with Crippen molar-refractivity contribution in [3.05, 3.63) is 29.8 Å². The zero-order valence-corrected chi connectivity index (χ0v) is 13.1. The molecule has 0 radical (unpaired) electrons. The summed E-state index contributed by atoms with van der Waals surface area (Å²) in [5.74, 6) is 0.652. The highest BCUT2D eigenvalue weighted by atomic mass is 35.5. The van der Waals surface area contributed by atoms with E-state index in [1.165, 1.54) is 5.56 Å². The van der Waals surface area contributed by atoms with Crippen molar-refractivity contribution in [2.24, 2.45) is 11.7 Å². The molecule has 0 atom stereocenters. The second-order valence-corrected chi connectivity index (χ2v) is 6.53. The van der Waals surface area contributed by atoms with Gasteiger partial charge in [0.25, 0.3) is 0 Å². The van der Waals surface area contributed by atoms with Gasteiger partial charge in [0.1, 0.15) is 0 Å². The van der Waals surface area contributed by atoms with E-state index >= 15 is 0 Å². The zero-order chi connectivity index (χ0) is 13.6. The van der Waals surface area contributed by atoms with Gasteiger partial charge in [0, 0.05) is 13.1 Å². The third-order valence-corrected chi connectivity index (χ3v) is 4.16. The lowest BCUT2D eigenvalue weighted by molar-refractivity contribution is 0.580. The summed E-state index contributed by atoms with van der Waals surface area (Å²) in [6.07, 6.45) is 2.09. The van der Waals surface area contributed by atoms with E-state index in [0.717, 1.165) is 12.8 Å². The second-order valence-electron chi connectivity index (χ2n) is 4.76. The van der Waals surface area contributed by atoms with E-state index in [1.807, 2.05) is 12.1 Å². The number of aryl methyl sites for hydroxylation is 1. The topological polar surface area (TPSA) is 72.2 Å². The van der Waals surface area contributed by atoms with E-state index in [2.05, 4.69) is 18.6 Å². The summed E-state index contributed by atoms with van der Waals surface area (Å²) >= 11 is 0. The third-order valence-electron chi connectivity index (χ3n) is 2.68. The quantitative estimate of drug-likeness (QED) is 0.808. The highest BCUT2D eigenvalue weighted by Gasteiger charge is 2.12. The molecule has 0 amide bonds. The number of nitrogens with two attached hydrogens (primary N) is 1. The van der Waals surface area contributed by atoms with Crippen molar-refractivity contribution in [3.63, 3.8) is 0 Å². The number of hydrogen-bond donors (Lipinski definition) is 2. The van der Waals surface area contributed by atoms with Crippen LogP contribution in [0.15, 0.2) is 29.2 Å². The largest absolute Gasteiger partial charge is 0.329 e. The second kappa shape index (κ2) is 8.53. The lowest BCUT2D eigenvalue weighted by Gasteiger charge is -2.07. The van der Waals surface area contributed by atoms with Gasteiger partial charge in [0.2, 0.25) is 10.0 Å². The van der Waals surface area contributed by atoms with Gasteiger partial charge < -0.3 is 5.73 Å².